The van der Waals surface area contributed by atoms with Gasteiger partial charge in [-0.05, 0) is 71.1 Å². The third-order valence-corrected chi connectivity index (χ3v) is 9.43. The molecule has 2 amide bonds. The molecular formula is C30H38ClN7O2. The maximum Gasteiger partial charge on any atom is 0.245 e. The van der Waals surface area contributed by atoms with E-state index in [4.69, 9.17) is 16.7 Å². The molecule has 0 bridgehead atoms. The fraction of sp³-hybridized carbons (Fsp3) is 0.533. The average Bonchev–Trinajstić information content (AvgIpc) is 3.60. The van der Waals surface area contributed by atoms with E-state index in [1.54, 1.807) is 0 Å². The first-order valence-electron chi connectivity index (χ1n) is 14.3. The van der Waals surface area contributed by atoms with Gasteiger partial charge in [-0.2, -0.15) is 10.2 Å². The van der Waals surface area contributed by atoms with Crippen LogP contribution in [0.25, 0.3) is 22.0 Å². The Kier molecular flexibility index (Phi) is 6.68. The maximum atomic E-state index is 13.0. The summed E-state index contributed by atoms with van der Waals surface area (Å²) >= 11 is 7.09. The number of amides is 2. The average molecular weight is 564 g/mol. The molecule has 9 nitrogen and oxygen atoms in total. The largest absolute Gasteiger partial charge is 0.346 e. The zero-order valence-corrected chi connectivity index (χ0v) is 24.6. The molecule has 0 radical (unpaired) electrons. The van der Waals surface area contributed by atoms with Gasteiger partial charge >= 0.3 is 0 Å². The van der Waals surface area contributed by atoms with Gasteiger partial charge in [-0.3, -0.25) is 19.4 Å². The second-order valence-electron chi connectivity index (χ2n) is 12.2. The molecule has 0 atom stereocenters. The molecule has 1 aliphatic carbocycles. The fourth-order valence-corrected chi connectivity index (χ4v) is 6.82. The van der Waals surface area contributed by atoms with Gasteiger partial charge < -0.3 is 14.7 Å². The number of anilines is 1. The van der Waals surface area contributed by atoms with Crippen molar-refractivity contribution in [2.45, 2.75) is 65.0 Å². The number of aromatic amines is 1. The second-order valence-corrected chi connectivity index (χ2v) is 12.6. The Morgan fingerprint density at radius 1 is 1.07 bits per heavy atom. The fourth-order valence-electron chi connectivity index (χ4n) is 6.57. The molecule has 1 aromatic carbocycles. The number of likely N-dealkylation sites (tertiary alicyclic amines) is 1. The van der Waals surface area contributed by atoms with Crippen molar-refractivity contribution in [1.82, 2.24) is 29.8 Å². The summed E-state index contributed by atoms with van der Waals surface area (Å²) in [6.45, 7) is 15.5. The summed E-state index contributed by atoms with van der Waals surface area (Å²) in [6.07, 6.45) is 6.88. The van der Waals surface area contributed by atoms with Crippen LogP contribution in [0.1, 0.15) is 56.8 Å². The van der Waals surface area contributed by atoms with E-state index in [0.29, 0.717) is 37.7 Å². The molecule has 2 aromatic heterocycles. The predicted molar refractivity (Wildman–Crippen MR) is 158 cm³/mol. The number of hydrogen-bond donors (Lipinski definition) is 1. The molecular weight excluding hydrogens is 526 g/mol. The number of carbonyl (C=O) groups is 2. The highest BCUT2D eigenvalue weighted by atomic mass is 35.5. The van der Waals surface area contributed by atoms with E-state index in [0.717, 1.165) is 64.8 Å². The lowest BCUT2D eigenvalue weighted by Crippen LogP contribution is -2.61. The van der Waals surface area contributed by atoms with Gasteiger partial charge in [-0.25, -0.2) is 0 Å². The van der Waals surface area contributed by atoms with Crippen LogP contribution in [0.5, 0.6) is 0 Å². The van der Waals surface area contributed by atoms with Crippen molar-refractivity contribution in [1.29, 1.82) is 0 Å². The first kappa shape index (κ1) is 26.9. The number of hydrogen-bond acceptors (Lipinski definition) is 5. The third kappa shape index (κ3) is 4.48. The molecule has 4 heterocycles. The standard InChI is InChI=1S/C30H38ClN7O2/c1-6-24(39)35-11-9-21(10-12-35)38-19(3)25(26-22-16-32-33-23(22)15-18(2)27(26)31)28(34-38)37-14-13-36(17-30(37,4)5)29(40)20-7-8-20/h6,15-16,20-21H,1,7-14,17H2,2-5H3,(H,32,33). The van der Waals surface area contributed by atoms with Gasteiger partial charge in [0.15, 0.2) is 5.82 Å². The minimum atomic E-state index is -0.325. The monoisotopic (exact) mass is 563 g/mol. The molecule has 1 saturated carbocycles. The first-order chi connectivity index (χ1) is 19.1. The summed E-state index contributed by atoms with van der Waals surface area (Å²) in [7, 11) is 0. The normalized spacial score (nSPS) is 19.9. The van der Waals surface area contributed by atoms with Crippen molar-refractivity contribution in [3.63, 3.8) is 0 Å². The summed E-state index contributed by atoms with van der Waals surface area (Å²) in [4.78, 5) is 31.4. The molecule has 212 valence electrons. The molecule has 6 rings (SSSR count). The van der Waals surface area contributed by atoms with Crippen LogP contribution in [0, 0.1) is 19.8 Å². The van der Waals surface area contributed by atoms with E-state index in [2.05, 4.69) is 47.1 Å². The van der Waals surface area contributed by atoms with Gasteiger partial charge in [-0.1, -0.05) is 18.2 Å². The van der Waals surface area contributed by atoms with E-state index >= 15 is 0 Å². The van der Waals surface area contributed by atoms with Gasteiger partial charge in [0.05, 0.1) is 28.3 Å². The van der Waals surface area contributed by atoms with Crippen LogP contribution in [-0.2, 0) is 9.59 Å². The SMILES string of the molecule is C=CC(=O)N1CCC(n2nc(N3CCN(C(=O)C4CC4)CC3(C)C)c(-c3c(Cl)c(C)cc4[nH]ncc34)c2C)CC1. The number of aromatic nitrogens is 4. The Bertz CT molecular complexity index is 1490. The quantitative estimate of drug-likeness (QED) is 0.447. The minimum Gasteiger partial charge on any atom is -0.346 e. The van der Waals surface area contributed by atoms with Crippen molar-refractivity contribution in [3.05, 3.63) is 41.2 Å². The molecule has 1 N–H and O–H groups in total. The van der Waals surface area contributed by atoms with Crippen molar-refractivity contribution < 1.29 is 9.59 Å². The molecule has 10 heteroatoms. The van der Waals surface area contributed by atoms with Gasteiger partial charge in [0.2, 0.25) is 11.8 Å². The Labute approximate surface area is 240 Å². The van der Waals surface area contributed by atoms with E-state index < -0.39 is 0 Å². The summed E-state index contributed by atoms with van der Waals surface area (Å²) in [5.74, 6) is 1.36. The molecule has 2 saturated heterocycles. The highest BCUT2D eigenvalue weighted by Gasteiger charge is 2.43. The van der Waals surface area contributed by atoms with Gasteiger partial charge in [-0.15, -0.1) is 0 Å². The smallest absolute Gasteiger partial charge is 0.245 e. The number of rotatable bonds is 5. The molecule has 3 aliphatic rings. The Balaban J connectivity index is 1.44. The molecule has 3 aromatic rings. The molecule has 40 heavy (non-hydrogen) atoms. The van der Waals surface area contributed by atoms with Crippen LogP contribution in [0.4, 0.5) is 5.82 Å². The van der Waals surface area contributed by atoms with Crippen molar-refractivity contribution in [2.24, 2.45) is 5.92 Å². The third-order valence-electron chi connectivity index (χ3n) is 8.94. The summed E-state index contributed by atoms with van der Waals surface area (Å²) in [5, 5.41) is 14.4. The molecule has 2 aliphatic heterocycles. The Hall–Kier alpha value is -3.33. The first-order valence-corrected chi connectivity index (χ1v) is 14.7. The highest BCUT2D eigenvalue weighted by Crippen LogP contribution is 2.46. The maximum absolute atomic E-state index is 13.0. The predicted octanol–water partition coefficient (Wildman–Crippen LogP) is 4.88. The number of piperidine rings is 1. The van der Waals surface area contributed by atoms with Crippen molar-refractivity contribution >= 4 is 40.1 Å². The van der Waals surface area contributed by atoms with E-state index in [9.17, 15) is 9.59 Å². The highest BCUT2D eigenvalue weighted by molar-refractivity contribution is 6.36. The number of nitrogens with zero attached hydrogens (tertiary/aromatic N) is 6. The van der Waals surface area contributed by atoms with E-state index in [1.165, 1.54) is 6.08 Å². The minimum absolute atomic E-state index is 0.0220. The zero-order chi connectivity index (χ0) is 28.3. The van der Waals surface area contributed by atoms with Crippen LogP contribution in [0.3, 0.4) is 0 Å². The zero-order valence-electron chi connectivity index (χ0n) is 23.8. The second kappa shape index (κ2) is 9.94. The number of H-pyrrole nitrogens is 1. The number of carbonyl (C=O) groups excluding carboxylic acids is 2. The lowest BCUT2D eigenvalue weighted by molar-refractivity contribution is -0.134. The Morgan fingerprint density at radius 2 is 1.80 bits per heavy atom. The summed E-state index contributed by atoms with van der Waals surface area (Å²) in [5.41, 5.74) is 4.59. The van der Waals surface area contributed by atoms with E-state index in [1.807, 2.05) is 29.0 Å². The molecule has 0 spiro atoms. The van der Waals surface area contributed by atoms with E-state index in [-0.39, 0.29) is 29.3 Å². The number of fused-ring (bicyclic) bond motifs is 1. The number of halogens is 1. The van der Waals surface area contributed by atoms with Gasteiger partial charge in [0.1, 0.15) is 0 Å². The van der Waals surface area contributed by atoms with Gasteiger partial charge in [0.25, 0.3) is 0 Å². The lowest BCUT2D eigenvalue weighted by atomic mass is 9.94. The summed E-state index contributed by atoms with van der Waals surface area (Å²) < 4.78 is 2.16. The number of nitrogens with one attached hydrogen (secondary N) is 1. The topological polar surface area (TPSA) is 90.4 Å². The van der Waals surface area contributed by atoms with Crippen LogP contribution < -0.4 is 4.90 Å². The van der Waals surface area contributed by atoms with Crippen molar-refractivity contribution in [3.8, 4) is 11.1 Å². The Morgan fingerprint density at radius 3 is 2.45 bits per heavy atom. The number of aryl methyl sites for hydroxylation is 1. The molecule has 3 fully saturated rings. The van der Waals surface area contributed by atoms with Crippen molar-refractivity contribution in [2.75, 3.05) is 37.6 Å². The number of benzene rings is 1. The summed E-state index contributed by atoms with van der Waals surface area (Å²) in [6, 6.07) is 2.19. The van der Waals surface area contributed by atoms with Gasteiger partial charge in [0, 0.05) is 60.8 Å². The lowest BCUT2D eigenvalue weighted by Gasteiger charge is -2.48. The van der Waals surface area contributed by atoms with Crippen LogP contribution in [0.15, 0.2) is 24.9 Å². The van der Waals surface area contributed by atoms with Crippen LogP contribution in [0.2, 0.25) is 5.02 Å². The van der Waals surface area contributed by atoms with Crippen LogP contribution in [-0.4, -0.2) is 79.9 Å². The molecule has 0 unspecified atom stereocenters. The number of piperazine rings is 1. The van der Waals surface area contributed by atoms with Crippen LogP contribution >= 0.6 is 11.6 Å².